The Morgan fingerprint density at radius 2 is 1.95 bits per heavy atom. The molecule has 2 aromatic heterocycles. The van der Waals surface area contributed by atoms with E-state index in [0.29, 0.717) is 29.5 Å². The number of esters is 1. The van der Waals surface area contributed by atoms with Gasteiger partial charge >= 0.3 is 5.97 Å². The van der Waals surface area contributed by atoms with E-state index in [0.717, 1.165) is 57.8 Å². The number of aryl methyl sites for hydroxylation is 3. The number of ether oxygens (including phenoxy) is 2. The van der Waals surface area contributed by atoms with Gasteiger partial charge < -0.3 is 20.5 Å². The number of benzene rings is 2. The van der Waals surface area contributed by atoms with Crippen molar-refractivity contribution in [1.29, 1.82) is 0 Å². The predicted octanol–water partition coefficient (Wildman–Crippen LogP) is 4.82. The Labute approximate surface area is 234 Å². The molecule has 10 nitrogen and oxygen atoms in total. The normalized spacial score (nSPS) is 12.7. The molecule has 0 amide bonds. The summed E-state index contributed by atoms with van der Waals surface area (Å²) in [5.41, 5.74) is 14.6. The molecule has 0 radical (unpaired) electrons. The number of methoxy groups -OCH3 is 2. The summed E-state index contributed by atoms with van der Waals surface area (Å²) in [6, 6.07) is 13.2. The molecule has 4 aromatic rings. The summed E-state index contributed by atoms with van der Waals surface area (Å²) in [5, 5.41) is 8.08. The van der Waals surface area contributed by atoms with Gasteiger partial charge in [-0.2, -0.15) is 5.10 Å². The Hall–Kier alpha value is -4.99. The number of aliphatic imine (C=N–C) groups is 1. The molecule has 0 saturated carbocycles. The van der Waals surface area contributed by atoms with Crippen molar-refractivity contribution in [1.82, 2.24) is 19.7 Å². The summed E-state index contributed by atoms with van der Waals surface area (Å²) >= 11 is 0. The average molecular weight is 540 g/mol. The zero-order valence-corrected chi connectivity index (χ0v) is 22.9. The number of nitrogens with one attached hydrogen (secondary N) is 1. The number of allylic oxidation sites excluding steroid dienone is 1. The molecule has 0 spiro atoms. The van der Waals surface area contributed by atoms with Gasteiger partial charge in [0, 0.05) is 50.3 Å². The van der Waals surface area contributed by atoms with Crippen molar-refractivity contribution in [3.8, 4) is 28.3 Å². The topological polar surface area (TPSA) is 130 Å². The van der Waals surface area contributed by atoms with Gasteiger partial charge in [0.25, 0.3) is 0 Å². The molecular formula is C30H33N7O3. The molecule has 0 atom stereocenters. The van der Waals surface area contributed by atoms with Gasteiger partial charge in [-0.1, -0.05) is 24.3 Å². The molecule has 2 aromatic carbocycles. The van der Waals surface area contributed by atoms with Crippen LogP contribution in [-0.2, 0) is 24.6 Å². The number of aromatic nitrogens is 4. The summed E-state index contributed by atoms with van der Waals surface area (Å²) in [4.78, 5) is 25.7. The second kappa shape index (κ2) is 11.4. The number of anilines is 2. The fourth-order valence-electron chi connectivity index (χ4n) is 4.84. The molecule has 1 aliphatic rings. The summed E-state index contributed by atoms with van der Waals surface area (Å²) < 4.78 is 12.2. The van der Waals surface area contributed by atoms with Gasteiger partial charge in [0.1, 0.15) is 5.75 Å². The van der Waals surface area contributed by atoms with Crippen LogP contribution in [0.5, 0.6) is 5.75 Å². The van der Waals surface area contributed by atoms with Crippen LogP contribution in [0.4, 0.5) is 11.6 Å². The van der Waals surface area contributed by atoms with Gasteiger partial charge in [-0.25, -0.2) is 14.8 Å². The van der Waals surface area contributed by atoms with Crippen LogP contribution in [0.2, 0.25) is 0 Å². The van der Waals surface area contributed by atoms with E-state index in [2.05, 4.69) is 27.4 Å². The highest BCUT2D eigenvalue weighted by molar-refractivity contribution is 6.09. The molecule has 3 N–H and O–H groups in total. The Balaban J connectivity index is 0.00000387. The molecule has 0 fully saturated rings. The molecule has 1 aliphatic carbocycles. The number of nitrogens with zero attached hydrogens (tertiary/aromatic N) is 5. The standard InChI is InChI=1S/C30H31N7O3.H2/c1-5-32-16-22(15-31)18-6-8-19(9-7-18)28-26-24(36-37(28)2)13-11-21-17-33-30(35-27(21)26)34-23-12-10-20(29(38)40-4)14-25(23)39-3;/h6-10,12,14-17H,5,11,13,31H2,1-4H3,(H,33,34,35);1H/b22-15+,32-16?;. The zero-order valence-electron chi connectivity index (χ0n) is 22.9. The van der Waals surface area contributed by atoms with Crippen LogP contribution in [0.1, 0.15) is 35.5 Å². The van der Waals surface area contributed by atoms with Gasteiger partial charge in [-0.05, 0) is 49.1 Å². The maximum absolute atomic E-state index is 11.9. The number of hydrogen-bond donors (Lipinski definition) is 2. The smallest absolute Gasteiger partial charge is 0.337 e. The third-order valence-corrected chi connectivity index (χ3v) is 6.81. The van der Waals surface area contributed by atoms with Gasteiger partial charge in [0.05, 0.1) is 42.6 Å². The number of rotatable bonds is 8. The third-order valence-electron chi connectivity index (χ3n) is 6.81. The number of carbonyl (C=O) groups is 1. The average Bonchev–Trinajstić information content (AvgIpc) is 3.33. The van der Waals surface area contributed by atoms with Gasteiger partial charge in [-0.3, -0.25) is 9.67 Å². The van der Waals surface area contributed by atoms with Gasteiger partial charge in [0.2, 0.25) is 5.95 Å². The van der Waals surface area contributed by atoms with Crippen molar-refractivity contribution in [3.63, 3.8) is 0 Å². The highest BCUT2D eigenvalue weighted by atomic mass is 16.5. The molecule has 5 rings (SSSR count). The molecule has 0 bridgehead atoms. The second-order valence-electron chi connectivity index (χ2n) is 9.22. The van der Waals surface area contributed by atoms with Crippen LogP contribution >= 0.6 is 0 Å². The van der Waals surface area contributed by atoms with Crippen molar-refractivity contribution < 1.29 is 15.7 Å². The Kier molecular flexibility index (Phi) is 7.59. The molecule has 206 valence electrons. The van der Waals surface area contributed by atoms with Crippen molar-refractivity contribution in [2.24, 2.45) is 17.8 Å². The first-order valence-electron chi connectivity index (χ1n) is 12.9. The van der Waals surface area contributed by atoms with Crippen molar-refractivity contribution in [2.45, 2.75) is 19.8 Å². The van der Waals surface area contributed by atoms with E-state index in [1.165, 1.54) is 14.2 Å². The minimum Gasteiger partial charge on any atom is -0.495 e. The lowest BCUT2D eigenvalue weighted by atomic mass is 9.91. The molecule has 0 unspecified atom stereocenters. The maximum Gasteiger partial charge on any atom is 0.337 e. The SMILES string of the molecule is CCN=C/C(=C\N)c1ccc(-c2c3c(nn2C)CCc2cnc(Nc4ccc(C(=O)OC)cc4OC)nc2-3)cc1.[HH]. The van der Waals surface area contributed by atoms with E-state index in [1.807, 2.05) is 37.0 Å². The largest absolute Gasteiger partial charge is 0.495 e. The van der Waals surface area contributed by atoms with Crippen LogP contribution in [-0.4, -0.2) is 52.7 Å². The van der Waals surface area contributed by atoms with Crippen LogP contribution in [0.15, 0.2) is 59.9 Å². The fourth-order valence-corrected chi connectivity index (χ4v) is 4.84. The first-order valence-corrected chi connectivity index (χ1v) is 12.9. The van der Waals surface area contributed by atoms with E-state index in [4.69, 9.17) is 25.3 Å². The fraction of sp³-hybridized carbons (Fsp3) is 0.233. The lowest BCUT2D eigenvalue weighted by molar-refractivity contribution is 0.0600. The minimum atomic E-state index is -0.441. The summed E-state index contributed by atoms with van der Waals surface area (Å²) in [7, 11) is 4.83. The van der Waals surface area contributed by atoms with Crippen LogP contribution in [0, 0.1) is 0 Å². The van der Waals surface area contributed by atoms with Crippen LogP contribution in [0.25, 0.3) is 28.1 Å². The number of carbonyl (C=O) groups excluding carboxylic acids is 1. The Morgan fingerprint density at radius 1 is 1.18 bits per heavy atom. The zero-order chi connectivity index (χ0) is 28.2. The molecule has 2 heterocycles. The quantitative estimate of drug-likeness (QED) is 0.241. The number of nitrogens with two attached hydrogens (primary N) is 1. The number of fused-ring (bicyclic) bond motifs is 3. The Bertz CT molecular complexity index is 1630. The highest BCUT2D eigenvalue weighted by Crippen LogP contribution is 2.40. The van der Waals surface area contributed by atoms with Crippen LogP contribution in [0.3, 0.4) is 0 Å². The van der Waals surface area contributed by atoms with Crippen LogP contribution < -0.4 is 15.8 Å². The first kappa shape index (κ1) is 26.6. The lowest BCUT2D eigenvalue weighted by Crippen LogP contribution is -2.09. The van der Waals surface area contributed by atoms with Gasteiger partial charge in [0.15, 0.2) is 0 Å². The summed E-state index contributed by atoms with van der Waals surface area (Å²) in [6.07, 6.45) is 6.83. The third kappa shape index (κ3) is 5.03. The summed E-state index contributed by atoms with van der Waals surface area (Å²) in [5.74, 6) is 0.444. The first-order chi connectivity index (χ1) is 19.5. The van der Waals surface area contributed by atoms with E-state index >= 15 is 0 Å². The van der Waals surface area contributed by atoms with Gasteiger partial charge in [-0.15, -0.1) is 0 Å². The molecule has 10 heteroatoms. The minimum absolute atomic E-state index is 0. The van der Waals surface area contributed by atoms with Crippen molar-refractivity contribution in [2.75, 3.05) is 26.1 Å². The lowest BCUT2D eigenvalue weighted by Gasteiger charge is -2.18. The summed E-state index contributed by atoms with van der Waals surface area (Å²) in [6.45, 7) is 2.68. The van der Waals surface area contributed by atoms with Crippen molar-refractivity contribution >= 4 is 29.4 Å². The molecular weight excluding hydrogens is 506 g/mol. The van der Waals surface area contributed by atoms with E-state index in [9.17, 15) is 4.79 Å². The molecule has 0 aliphatic heterocycles. The number of hydrogen-bond acceptors (Lipinski definition) is 9. The predicted molar refractivity (Wildman–Crippen MR) is 158 cm³/mol. The van der Waals surface area contributed by atoms with Crippen molar-refractivity contribution in [3.05, 3.63) is 77.2 Å². The molecule has 40 heavy (non-hydrogen) atoms. The Morgan fingerprint density at radius 3 is 2.65 bits per heavy atom. The molecule has 0 saturated heterocycles. The second-order valence-corrected chi connectivity index (χ2v) is 9.22. The van der Waals surface area contributed by atoms with E-state index in [-0.39, 0.29) is 1.43 Å². The van der Waals surface area contributed by atoms with E-state index in [1.54, 1.807) is 30.6 Å². The highest BCUT2D eigenvalue weighted by Gasteiger charge is 2.27. The van der Waals surface area contributed by atoms with E-state index < -0.39 is 5.97 Å². The monoisotopic (exact) mass is 539 g/mol. The maximum atomic E-state index is 11.9.